The molecule has 1 fully saturated rings. The third-order valence-electron chi connectivity index (χ3n) is 4.39. The fourth-order valence-electron chi connectivity index (χ4n) is 2.77. The molecule has 0 unspecified atom stereocenters. The molecule has 7 heteroatoms. The van der Waals surface area contributed by atoms with Crippen LogP contribution < -0.4 is 15.5 Å². The van der Waals surface area contributed by atoms with E-state index < -0.39 is 0 Å². The van der Waals surface area contributed by atoms with Gasteiger partial charge in [-0.05, 0) is 31.2 Å². The van der Waals surface area contributed by atoms with Crippen molar-refractivity contribution in [2.24, 2.45) is 4.99 Å². The molecule has 0 bridgehead atoms. The van der Waals surface area contributed by atoms with E-state index in [9.17, 15) is 0 Å². The smallest absolute Gasteiger partial charge is 0.191 e. The second-order valence-corrected chi connectivity index (χ2v) is 6.37. The molecule has 25 heavy (non-hydrogen) atoms. The van der Waals surface area contributed by atoms with Crippen molar-refractivity contribution in [3.8, 4) is 0 Å². The number of hydrogen-bond acceptors (Lipinski definition) is 4. The number of unbranched alkanes of at least 4 members (excludes halogenated alkanes) is 2. The minimum absolute atomic E-state index is 0. The minimum Gasteiger partial charge on any atom is -0.356 e. The summed E-state index contributed by atoms with van der Waals surface area (Å²) in [5.41, 5.74) is 1.23. The van der Waals surface area contributed by atoms with E-state index in [4.69, 9.17) is 0 Å². The van der Waals surface area contributed by atoms with Crippen LogP contribution in [-0.4, -0.2) is 62.7 Å². The molecule has 1 aromatic heterocycles. The van der Waals surface area contributed by atoms with Gasteiger partial charge in [-0.1, -0.05) is 19.8 Å². The molecular formula is C18H33IN6. The third kappa shape index (κ3) is 7.77. The molecule has 0 spiro atoms. The molecule has 0 atom stereocenters. The van der Waals surface area contributed by atoms with E-state index in [2.05, 4.69) is 56.5 Å². The SMILES string of the molecule is CCCCCNC(=NC)NCc1ccnc(N2CCN(C)CC2)c1.I. The van der Waals surface area contributed by atoms with Gasteiger partial charge in [-0.3, -0.25) is 4.99 Å². The lowest BCUT2D eigenvalue weighted by molar-refractivity contribution is 0.312. The Labute approximate surface area is 169 Å². The number of hydrogen-bond donors (Lipinski definition) is 2. The zero-order valence-corrected chi connectivity index (χ0v) is 18.1. The van der Waals surface area contributed by atoms with Crippen molar-refractivity contribution in [3.63, 3.8) is 0 Å². The highest BCUT2D eigenvalue weighted by Gasteiger charge is 2.15. The maximum absolute atomic E-state index is 4.54. The van der Waals surface area contributed by atoms with Gasteiger partial charge in [-0.2, -0.15) is 0 Å². The molecule has 0 radical (unpaired) electrons. The zero-order chi connectivity index (χ0) is 17.2. The van der Waals surface area contributed by atoms with Gasteiger partial charge in [-0.15, -0.1) is 24.0 Å². The van der Waals surface area contributed by atoms with Gasteiger partial charge in [0.05, 0.1) is 0 Å². The van der Waals surface area contributed by atoms with E-state index in [-0.39, 0.29) is 24.0 Å². The first kappa shape index (κ1) is 22.0. The quantitative estimate of drug-likeness (QED) is 0.283. The third-order valence-corrected chi connectivity index (χ3v) is 4.39. The summed E-state index contributed by atoms with van der Waals surface area (Å²) in [6, 6.07) is 4.25. The number of aromatic nitrogens is 1. The Kier molecular flexibility index (Phi) is 10.8. The van der Waals surface area contributed by atoms with Crippen molar-refractivity contribution >= 4 is 35.8 Å². The summed E-state index contributed by atoms with van der Waals surface area (Å²) in [5.74, 6) is 1.94. The minimum atomic E-state index is 0. The van der Waals surface area contributed by atoms with Gasteiger partial charge < -0.3 is 20.4 Å². The van der Waals surface area contributed by atoms with Crippen LogP contribution in [0.5, 0.6) is 0 Å². The van der Waals surface area contributed by atoms with Crippen molar-refractivity contribution in [2.75, 3.05) is 51.7 Å². The monoisotopic (exact) mass is 460 g/mol. The Morgan fingerprint density at radius 2 is 1.96 bits per heavy atom. The van der Waals surface area contributed by atoms with E-state index in [0.29, 0.717) is 0 Å². The Bertz CT molecular complexity index is 514. The second kappa shape index (κ2) is 12.3. The van der Waals surface area contributed by atoms with Crippen LogP contribution in [-0.2, 0) is 6.54 Å². The summed E-state index contributed by atoms with van der Waals surface area (Å²) in [4.78, 5) is 13.5. The molecule has 1 aliphatic heterocycles. The van der Waals surface area contributed by atoms with Crippen LogP contribution in [0.1, 0.15) is 31.7 Å². The van der Waals surface area contributed by atoms with Gasteiger partial charge in [-0.25, -0.2) is 4.98 Å². The highest BCUT2D eigenvalue weighted by molar-refractivity contribution is 14.0. The fourth-order valence-corrected chi connectivity index (χ4v) is 2.77. The number of piperazine rings is 1. The van der Waals surface area contributed by atoms with Gasteiger partial charge in [0.15, 0.2) is 5.96 Å². The predicted octanol–water partition coefficient (Wildman–Crippen LogP) is 2.31. The van der Waals surface area contributed by atoms with Gasteiger partial charge in [0.1, 0.15) is 5.82 Å². The number of likely N-dealkylation sites (N-methyl/N-ethyl adjacent to an activating group) is 1. The molecule has 1 aliphatic rings. The molecule has 1 aromatic rings. The van der Waals surface area contributed by atoms with Crippen LogP contribution in [0.3, 0.4) is 0 Å². The Hall–Kier alpha value is -1.09. The molecule has 2 heterocycles. The Morgan fingerprint density at radius 1 is 1.20 bits per heavy atom. The zero-order valence-electron chi connectivity index (χ0n) is 15.8. The van der Waals surface area contributed by atoms with Gasteiger partial charge >= 0.3 is 0 Å². The number of nitrogens with one attached hydrogen (secondary N) is 2. The maximum Gasteiger partial charge on any atom is 0.191 e. The van der Waals surface area contributed by atoms with Gasteiger partial charge in [0, 0.05) is 52.5 Å². The van der Waals surface area contributed by atoms with E-state index in [1.165, 1.54) is 24.8 Å². The maximum atomic E-state index is 4.54. The summed E-state index contributed by atoms with van der Waals surface area (Å²) in [6.45, 7) is 8.22. The first-order chi connectivity index (χ1) is 11.7. The van der Waals surface area contributed by atoms with Crippen molar-refractivity contribution in [1.29, 1.82) is 0 Å². The van der Waals surface area contributed by atoms with E-state index in [0.717, 1.165) is 51.0 Å². The largest absolute Gasteiger partial charge is 0.356 e. The van der Waals surface area contributed by atoms with Gasteiger partial charge in [0.25, 0.3) is 0 Å². The van der Waals surface area contributed by atoms with Crippen LogP contribution in [0.4, 0.5) is 5.82 Å². The van der Waals surface area contributed by atoms with E-state index in [1.54, 1.807) is 0 Å². The number of aliphatic imine (C=N–C) groups is 1. The topological polar surface area (TPSA) is 55.8 Å². The van der Waals surface area contributed by atoms with Crippen molar-refractivity contribution in [2.45, 2.75) is 32.7 Å². The highest BCUT2D eigenvalue weighted by atomic mass is 127. The summed E-state index contributed by atoms with van der Waals surface area (Å²) in [5, 5.41) is 6.75. The molecule has 1 saturated heterocycles. The van der Waals surface area contributed by atoms with E-state index in [1.807, 2.05) is 13.2 Å². The lowest BCUT2D eigenvalue weighted by Crippen LogP contribution is -2.44. The normalized spacial score (nSPS) is 15.6. The van der Waals surface area contributed by atoms with Crippen LogP contribution in [0, 0.1) is 0 Å². The fraction of sp³-hybridized carbons (Fsp3) is 0.667. The molecule has 0 aliphatic carbocycles. The molecule has 0 aromatic carbocycles. The molecule has 2 rings (SSSR count). The molecule has 0 saturated carbocycles. The second-order valence-electron chi connectivity index (χ2n) is 6.37. The number of rotatable bonds is 7. The highest BCUT2D eigenvalue weighted by Crippen LogP contribution is 2.14. The summed E-state index contributed by atoms with van der Waals surface area (Å²) in [7, 11) is 3.99. The first-order valence-electron chi connectivity index (χ1n) is 9.06. The number of halogens is 1. The van der Waals surface area contributed by atoms with E-state index >= 15 is 0 Å². The molecular weight excluding hydrogens is 427 g/mol. The van der Waals surface area contributed by atoms with Crippen LogP contribution >= 0.6 is 24.0 Å². The van der Waals surface area contributed by atoms with Crippen LogP contribution in [0.25, 0.3) is 0 Å². The lowest BCUT2D eigenvalue weighted by atomic mass is 10.2. The average molecular weight is 460 g/mol. The lowest BCUT2D eigenvalue weighted by Gasteiger charge is -2.33. The average Bonchev–Trinajstić information content (AvgIpc) is 2.62. The summed E-state index contributed by atoms with van der Waals surface area (Å²) < 4.78 is 0. The van der Waals surface area contributed by atoms with Crippen LogP contribution in [0.2, 0.25) is 0 Å². The summed E-state index contributed by atoms with van der Waals surface area (Å²) >= 11 is 0. The Balaban J connectivity index is 0.00000312. The number of pyridine rings is 1. The first-order valence-corrected chi connectivity index (χ1v) is 9.06. The van der Waals surface area contributed by atoms with Gasteiger partial charge in [0.2, 0.25) is 0 Å². The standard InChI is InChI=1S/C18H32N6.HI/c1-4-5-6-8-21-18(19-2)22-15-16-7-9-20-17(14-16)24-12-10-23(3)11-13-24;/h7,9,14H,4-6,8,10-13,15H2,1-3H3,(H2,19,21,22);1H. The van der Waals surface area contributed by atoms with Crippen LogP contribution in [0.15, 0.2) is 23.3 Å². The number of anilines is 1. The number of guanidine groups is 1. The Morgan fingerprint density at radius 3 is 2.64 bits per heavy atom. The van der Waals surface area contributed by atoms with Crippen molar-refractivity contribution < 1.29 is 0 Å². The predicted molar refractivity (Wildman–Crippen MR) is 117 cm³/mol. The molecule has 0 amide bonds. The molecule has 142 valence electrons. The van der Waals surface area contributed by atoms with Crippen molar-refractivity contribution in [3.05, 3.63) is 23.9 Å². The molecule has 2 N–H and O–H groups in total. The number of nitrogens with zero attached hydrogens (tertiary/aromatic N) is 4. The summed E-state index contributed by atoms with van der Waals surface area (Å²) in [6.07, 6.45) is 5.57. The van der Waals surface area contributed by atoms with Crippen molar-refractivity contribution in [1.82, 2.24) is 20.5 Å². The molecule has 6 nitrogen and oxygen atoms in total.